The van der Waals surface area contributed by atoms with Crippen molar-refractivity contribution in [2.75, 3.05) is 5.32 Å². The van der Waals surface area contributed by atoms with Gasteiger partial charge in [0.1, 0.15) is 5.82 Å². The Kier molecular flexibility index (Phi) is 4.54. The van der Waals surface area contributed by atoms with Crippen molar-refractivity contribution in [3.63, 3.8) is 0 Å². The molecule has 0 atom stereocenters. The summed E-state index contributed by atoms with van der Waals surface area (Å²) in [7, 11) is 0. The number of aryl methyl sites for hydroxylation is 1. The van der Waals surface area contributed by atoms with Gasteiger partial charge in [-0.1, -0.05) is 54.1 Å². The predicted molar refractivity (Wildman–Crippen MR) is 110 cm³/mol. The molecule has 0 aliphatic heterocycles. The van der Waals surface area contributed by atoms with Crippen LogP contribution in [0.2, 0.25) is 0 Å². The molecule has 0 spiro atoms. The fourth-order valence-electron chi connectivity index (χ4n) is 2.87. The predicted octanol–water partition coefficient (Wildman–Crippen LogP) is 5.19. The number of aromatic nitrogens is 2. The van der Waals surface area contributed by atoms with E-state index in [0.717, 1.165) is 33.7 Å². The molecular weight excluding hydrogens is 334 g/mol. The van der Waals surface area contributed by atoms with E-state index in [9.17, 15) is 4.79 Å². The first-order valence-corrected chi connectivity index (χ1v) is 8.78. The molecule has 2 N–H and O–H groups in total. The topological polar surface area (TPSA) is 57.8 Å². The van der Waals surface area contributed by atoms with Gasteiger partial charge < -0.3 is 10.3 Å². The number of rotatable bonds is 4. The van der Waals surface area contributed by atoms with Crippen molar-refractivity contribution in [2.45, 2.75) is 6.92 Å². The Balaban J connectivity index is 1.50. The van der Waals surface area contributed by atoms with Gasteiger partial charge in [-0.3, -0.25) is 4.79 Å². The third-order valence-corrected chi connectivity index (χ3v) is 4.30. The first kappa shape index (κ1) is 16.8. The molecule has 0 saturated carbocycles. The molecule has 1 amide bonds. The number of imidazole rings is 1. The van der Waals surface area contributed by atoms with E-state index in [1.807, 2.05) is 79.7 Å². The summed E-state index contributed by atoms with van der Waals surface area (Å²) in [4.78, 5) is 20.1. The number of carbonyl (C=O) groups excluding carboxylic acids is 1. The second kappa shape index (κ2) is 7.30. The second-order valence-electron chi connectivity index (χ2n) is 6.42. The Bertz CT molecular complexity index is 1090. The summed E-state index contributed by atoms with van der Waals surface area (Å²) in [5.41, 5.74) is 5.75. The van der Waals surface area contributed by atoms with Crippen molar-refractivity contribution in [1.29, 1.82) is 0 Å². The van der Waals surface area contributed by atoms with Crippen LogP contribution in [0.3, 0.4) is 0 Å². The molecule has 1 heterocycles. The van der Waals surface area contributed by atoms with Crippen molar-refractivity contribution >= 4 is 28.7 Å². The Morgan fingerprint density at radius 3 is 2.63 bits per heavy atom. The van der Waals surface area contributed by atoms with Gasteiger partial charge in [0.15, 0.2) is 0 Å². The molecule has 0 bridgehead atoms. The second-order valence-corrected chi connectivity index (χ2v) is 6.42. The maximum Gasteiger partial charge on any atom is 0.248 e. The van der Waals surface area contributed by atoms with Gasteiger partial charge in [-0.15, -0.1) is 0 Å². The van der Waals surface area contributed by atoms with Gasteiger partial charge in [0, 0.05) is 17.3 Å². The normalized spacial score (nSPS) is 11.1. The van der Waals surface area contributed by atoms with Crippen LogP contribution in [0.1, 0.15) is 11.1 Å². The van der Waals surface area contributed by atoms with Crippen LogP contribution < -0.4 is 5.32 Å². The number of aromatic amines is 1. The van der Waals surface area contributed by atoms with Gasteiger partial charge in [0.25, 0.3) is 0 Å². The lowest BCUT2D eigenvalue weighted by Crippen LogP contribution is -2.07. The number of para-hydroxylation sites is 2. The fourth-order valence-corrected chi connectivity index (χ4v) is 2.87. The van der Waals surface area contributed by atoms with E-state index in [1.54, 1.807) is 12.2 Å². The highest BCUT2D eigenvalue weighted by Gasteiger charge is 2.06. The van der Waals surface area contributed by atoms with Crippen molar-refractivity contribution in [3.8, 4) is 11.4 Å². The minimum Gasteiger partial charge on any atom is -0.338 e. The third kappa shape index (κ3) is 3.96. The van der Waals surface area contributed by atoms with Gasteiger partial charge in [0.05, 0.1) is 11.0 Å². The molecule has 0 fully saturated rings. The minimum atomic E-state index is -0.169. The van der Waals surface area contributed by atoms with Crippen LogP contribution in [0, 0.1) is 6.92 Å². The average molecular weight is 353 g/mol. The fraction of sp³-hybridized carbons (Fsp3) is 0.0435. The van der Waals surface area contributed by atoms with Gasteiger partial charge in [0.2, 0.25) is 5.91 Å². The number of amides is 1. The SMILES string of the molecule is Cc1ccc(/C=C/C(=O)Nc2cccc(-c3nc4ccccc4[nH]3)c2)cc1. The standard InChI is InChI=1S/C23H19N3O/c1-16-9-11-17(12-10-16)13-14-22(27)24-19-6-4-5-18(15-19)23-25-20-7-2-3-8-21(20)26-23/h2-15H,1H3,(H,24,27)(H,25,26)/b14-13+. The summed E-state index contributed by atoms with van der Waals surface area (Å²) in [6, 6.07) is 23.6. The molecule has 0 aliphatic carbocycles. The van der Waals surface area contributed by atoms with Gasteiger partial charge in [-0.05, 0) is 42.8 Å². The van der Waals surface area contributed by atoms with Crippen LogP contribution in [0.25, 0.3) is 28.5 Å². The van der Waals surface area contributed by atoms with E-state index in [-0.39, 0.29) is 5.91 Å². The molecule has 4 nitrogen and oxygen atoms in total. The molecule has 27 heavy (non-hydrogen) atoms. The molecule has 0 saturated heterocycles. The van der Waals surface area contributed by atoms with Crippen LogP contribution in [-0.2, 0) is 4.79 Å². The number of hydrogen-bond donors (Lipinski definition) is 2. The Labute approximate surface area is 157 Å². The first-order valence-electron chi connectivity index (χ1n) is 8.78. The van der Waals surface area contributed by atoms with Crippen LogP contribution in [0.15, 0.2) is 78.9 Å². The molecule has 4 heteroatoms. The minimum absolute atomic E-state index is 0.169. The highest BCUT2D eigenvalue weighted by atomic mass is 16.1. The molecule has 3 aromatic carbocycles. The maximum atomic E-state index is 12.2. The Morgan fingerprint density at radius 2 is 1.81 bits per heavy atom. The van der Waals surface area contributed by atoms with Crippen molar-refractivity contribution in [1.82, 2.24) is 9.97 Å². The van der Waals surface area contributed by atoms with Gasteiger partial charge in [-0.2, -0.15) is 0 Å². The van der Waals surface area contributed by atoms with Gasteiger partial charge >= 0.3 is 0 Å². The largest absolute Gasteiger partial charge is 0.338 e. The number of carbonyl (C=O) groups is 1. The first-order chi connectivity index (χ1) is 13.2. The maximum absolute atomic E-state index is 12.2. The van der Waals surface area contributed by atoms with E-state index < -0.39 is 0 Å². The summed E-state index contributed by atoms with van der Waals surface area (Å²) in [5.74, 6) is 0.611. The summed E-state index contributed by atoms with van der Waals surface area (Å²) in [6.07, 6.45) is 3.34. The van der Waals surface area contributed by atoms with E-state index in [0.29, 0.717) is 0 Å². The number of hydrogen-bond acceptors (Lipinski definition) is 2. The monoisotopic (exact) mass is 353 g/mol. The Morgan fingerprint density at radius 1 is 1.00 bits per heavy atom. The molecule has 132 valence electrons. The lowest BCUT2D eigenvalue weighted by molar-refractivity contribution is -0.111. The molecule has 1 aromatic heterocycles. The van der Waals surface area contributed by atoms with E-state index in [4.69, 9.17) is 0 Å². The highest BCUT2D eigenvalue weighted by Crippen LogP contribution is 2.23. The lowest BCUT2D eigenvalue weighted by Gasteiger charge is -2.04. The molecule has 0 aliphatic rings. The summed E-state index contributed by atoms with van der Waals surface area (Å²) < 4.78 is 0. The van der Waals surface area contributed by atoms with Crippen molar-refractivity contribution in [2.24, 2.45) is 0 Å². The average Bonchev–Trinajstić information content (AvgIpc) is 3.12. The zero-order valence-electron chi connectivity index (χ0n) is 14.9. The highest BCUT2D eigenvalue weighted by molar-refractivity contribution is 6.02. The summed E-state index contributed by atoms with van der Waals surface area (Å²) >= 11 is 0. The van der Waals surface area contributed by atoms with Crippen molar-refractivity contribution in [3.05, 3.63) is 90.0 Å². The van der Waals surface area contributed by atoms with Crippen LogP contribution in [0.5, 0.6) is 0 Å². The number of benzene rings is 3. The number of fused-ring (bicyclic) bond motifs is 1. The van der Waals surface area contributed by atoms with E-state index in [2.05, 4.69) is 15.3 Å². The molecule has 0 radical (unpaired) electrons. The Hall–Kier alpha value is -3.66. The zero-order chi connectivity index (χ0) is 18.6. The molecule has 0 unspecified atom stereocenters. The van der Waals surface area contributed by atoms with E-state index in [1.165, 1.54) is 5.56 Å². The molecule has 4 aromatic rings. The number of anilines is 1. The number of nitrogens with one attached hydrogen (secondary N) is 2. The number of nitrogens with zero attached hydrogens (tertiary/aromatic N) is 1. The smallest absolute Gasteiger partial charge is 0.248 e. The zero-order valence-corrected chi connectivity index (χ0v) is 14.9. The van der Waals surface area contributed by atoms with Crippen LogP contribution in [0.4, 0.5) is 5.69 Å². The number of H-pyrrole nitrogens is 1. The van der Waals surface area contributed by atoms with Gasteiger partial charge in [-0.25, -0.2) is 4.98 Å². The quantitative estimate of drug-likeness (QED) is 0.496. The lowest BCUT2D eigenvalue weighted by atomic mass is 10.1. The van der Waals surface area contributed by atoms with Crippen LogP contribution in [-0.4, -0.2) is 15.9 Å². The molecule has 4 rings (SSSR count). The summed E-state index contributed by atoms with van der Waals surface area (Å²) in [5, 5.41) is 2.90. The molecular formula is C23H19N3O. The third-order valence-electron chi connectivity index (χ3n) is 4.30. The van der Waals surface area contributed by atoms with E-state index >= 15 is 0 Å². The van der Waals surface area contributed by atoms with Crippen LogP contribution >= 0.6 is 0 Å². The van der Waals surface area contributed by atoms with Crippen molar-refractivity contribution < 1.29 is 4.79 Å². The summed E-state index contributed by atoms with van der Waals surface area (Å²) in [6.45, 7) is 2.04.